The molecule has 0 saturated heterocycles. The van der Waals surface area contributed by atoms with E-state index in [1.807, 2.05) is 13.2 Å². The van der Waals surface area contributed by atoms with Crippen LogP contribution in [0.25, 0.3) is 0 Å². The molecular weight excluding hydrogens is 212 g/mol. The van der Waals surface area contributed by atoms with Crippen LogP contribution in [0.15, 0.2) is 12.5 Å². The first kappa shape index (κ1) is 13.9. The van der Waals surface area contributed by atoms with Crippen molar-refractivity contribution < 1.29 is 0 Å². The second-order valence-electron chi connectivity index (χ2n) is 5.04. The first-order chi connectivity index (χ1) is 8.06. The van der Waals surface area contributed by atoms with Crippen LogP contribution >= 0.6 is 0 Å². The molecule has 0 radical (unpaired) electrons. The monoisotopic (exact) mass is 236 g/mol. The Hall–Kier alpha value is -1.16. The zero-order valence-electron chi connectivity index (χ0n) is 11.6. The molecule has 4 nitrogen and oxygen atoms in total. The molecule has 1 heterocycles. The van der Waals surface area contributed by atoms with Gasteiger partial charge in [-0.3, -0.25) is 0 Å². The maximum atomic E-state index is 4.45. The number of hydrogen-bond donors (Lipinski definition) is 1. The highest BCUT2D eigenvalue weighted by molar-refractivity contribution is 5.46. The van der Waals surface area contributed by atoms with Gasteiger partial charge in [0.15, 0.2) is 0 Å². The van der Waals surface area contributed by atoms with Gasteiger partial charge in [-0.2, -0.15) is 0 Å². The highest BCUT2D eigenvalue weighted by Crippen LogP contribution is 2.20. The minimum absolute atomic E-state index is 0.447. The lowest BCUT2D eigenvalue weighted by Gasteiger charge is -2.31. The van der Waals surface area contributed by atoms with Gasteiger partial charge in [-0.1, -0.05) is 13.8 Å². The average Bonchev–Trinajstić information content (AvgIpc) is 2.27. The van der Waals surface area contributed by atoms with Gasteiger partial charge in [-0.05, 0) is 26.8 Å². The Balaban J connectivity index is 3.00. The normalized spacial score (nSPS) is 11.2. The SMILES string of the molecule is CNCc1cncnc1N(CC(C)C)C(C)C. The molecule has 0 saturated carbocycles. The summed E-state index contributed by atoms with van der Waals surface area (Å²) in [6, 6.07) is 0.447. The van der Waals surface area contributed by atoms with Crippen molar-refractivity contribution in [2.24, 2.45) is 5.92 Å². The molecule has 0 aliphatic heterocycles. The third-order valence-corrected chi connectivity index (χ3v) is 2.59. The van der Waals surface area contributed by atoms with E-state index in [1.165, 1.54) is 0 Å². The Kier molecular flexibility index (Phi) is 5.35. The smallest absolute Gasteiger partial charge is 0.136 e. The van der Waals surface area contributed by atoms with Gasteiger partial charge >= 0.3 is 0 Å². The van der Waals surface area contributed by atoms with Crippen LogP contribution in [0, 0.1) is 5.92 Å². The zero-order chi connectivity index (χ0) is 12.8. The van der Waals surface area contributed by atoms with Crippen LogP contribution in [-0.2, 0) is 6.54 Å². The lowest BCUT2D eigenvalue weighted by molar-refractivity contribution is 0.562. The van der Waals surface area contributed by atoms with Gasteiger partial charge in [0, 0.05) is 30.9 Å². The molecule has 1 aromatic rings. The summed E-state index contributed by atoms with van der Waals surface area (Å²) in [5, 5.41) is 3.16. The van der Waals surface area contributed by atoms with E-state index in [9.17, 15) is 0 Å². The van der Waals surface area contributed by atoms with Crippen LogP contribution in [-0.4, -0.2) is 29.6 Å². The summed E-state index contributed by atoms with van der Waals surface area (Å²) >= 11 is 0. The highest BCUT2D eigenvalue weighted by Gasteiger charge is 2.16. The molecule has 0 aliphatic carbocycles. The third kappa shape index (κ3) is 3.97. The third-order valence-electron chi connectivity index (χ3n) is 2.59. The van der Waals surface area contributed by atoms with Gasteiger partial charge in [0.05, 0.1) is 0 Å². The molecule has 0 bridgehead atoms. The van der Waals surface area contributed by atoms with Crippen LogP contribution < -0.4 is 10.2 Å². The number of anilines is 1. The van der Waals surface area contributed by atoms with Crippen LogP contribution in [0.3, 0.4) is 0 Å². The average molecular weight is 236 g/mol. The standard InChI is InChI=1S/C13H24N4/c1-10(2)8-17(11(3)4)13-12(6-14-5)7-15-9-16-13/h7,9-11,14H,6,8H2,1-5H3. The fourth-order valence-electron chi connectivity index (χ4n) is 1.86. The molecule has 0 aliphatic rings. The first-order valence-electron chi connectivity index (χ1n) is 6.26. The van der Waals surface area contributed by atoms with Crippen molar-refractivity contribution in [2.45, 2.75) is 40.3 Å². The molecule has 0 unspecified atom stereocenters. The summed E-state index contributed by atoms with van der Waals surface area (Å²) in [5.41, 5.74) is 1.16. The zero-order valence-corrected chi connectivity index (χ0v) is 11.6. The Morgan fingerprint density at radius 3 is 2.53 bits per heavy atom. The van der Waals surface area contributed by atoms with Gasteiger partial charge in [0.1, 0.15) is 12.1 Å². The van der Waals surface area contributed by atoms with Crippen LogP contribution in [0.1, 0.15) is 33.3 Å². The maximum absolute atomic E-state index is 4.45. The lowest BCUT2D eigenvalue weighted by atomic mass is 10.1. The van der Waals surface area contributed by atoms with Gasteiger partial charge in [-0.25, -0.2) is 9.97 Å². The van der Waals surface area contributed by atoms with Crippen molar-refractivity contribution in [2.75, 3.05) is 18.5 Å². The van der Waals surface area contributed by atoms with Crippen LogP contribution in [0.2, 0.25) is 0 Å². The lowest BCUT2D eigenvalue weighted by Crippen LogP contribution is -2.36. The van der Waals surface area contributed by atoms with Gasteiger partial charge in [-0.15, -0.1) is 0 Å². The predicted molar refractivity (Wildman–Crippen MR) is 72.1 cm³/mol. The molecule has 0 spiro atoms. The summed E-state index contributed by atoms with van der Waals surface area (Å²) in [6.07, 6.45) is 3.53. The van der Waals surface area contributed by atoms with E-state index < -0.39 is 0 Å². The Morgan fingerprint density at radius 1 is 1.29 bits per heavy atom. The summed E-state index contributed by atoms with van der Waals surface area (Å²) in [5.74, 6) is 1.67. The minimum Gasteiger partial charge on any atom is -0.354 e. The summed E-state index contributed by atoms with van der Waals surface area (Å²) in [4.78, 5) is 10.9. The number of nitrogens with zero attached hydrogens (tertiary/aromatic N) is 3. The molecule has 17 heavy (non-hydrogen) atoms. The number of hydrogen-bond acceptors (Lipinski definition) is 4. The van der Waals surface area contributed by atoms with Crippen molar-refractivity contribution in [1.82, 2.24) is 15.3 Å². The molecule has 0 atom stereocenters. The fourth-order valence-corrected chi connectivity index (χ4v) is 1.86. The molecule has 96 valence electrons. The minimum atomic E-state index is 0.447. The van der Waals surface area contributed by atoms with Crippen molar-refractivity contribution in [1.29, 1.82) is 0 Å². The van der Waals surface area contributed by atoms with E-state index in [4.69, 9.17) is 0 Å². The second-order valence-corrected chi connectivity index (χ2v) is 5.04. The molecule has 0 aromatic carbocycles. The summed E-state index contributed by atoms with van der Waals surface area (Å²) in [6.45, 7) is 10.7. The number of nitrogens with one attached hydrogen (secondary N) is 1. The largest absolute Gasteiger partial charge is 0.354 e. The van der Waals surface area contributed by atoms with Gasteiger partial charge < -0.3 is 10.2 Å². The van der Waals surface area contributed by atoms with Crippen molar-refractivity contribution in [3.63, 3.8) is 0 Å². The summed E-state index contributed by atoms with van der Waals surface area (Å²) < 4.78 is 0. The Morgan fingerprint density at radius 2 is 2.00 bits per heavy atom. The van der Waals surface area contributed by atoms with Crippen LogP contribution in [0.4, 0.5) is 5.82 Å². The van der Waals surface area contributed by atoms with Gasteiger partial charge in [0.2, 0.25) is 0 Å². The van der Waals surface area contributed by atoms with E-state index in [1.54, 1.807) is 6.33 Å². The van der Waals surface area contributed by atoms with Crippen LogP contribution in [0.5, 0.6) is 0 Å². The molecule has 0 amide bonds. The van der Waals surface area contributed by atoms with Crippen molar-refractivity contribution >= 4 is 5.82 Å². The quantitative estimate of drug-likeness (QED) is 0.821. The summed E-state index contributed by atoms with van der Waals surface area (Å²) in [7, 11) is 1.94. The molecular formula is C13H24N4. The second kappa shape index (κ2) is 6.55. The molecule has 1 N–H and O–H groups in total. The fraction of sp³-hybridized carbons (Fsp3) is 0.692. The Bertz CT molecular complexity index is 336. The molecule has 1 aromatic heterocycles. The van der Waals surface area contributed by atoms with E-state index >= 15 is 0 Å². The Labute approximate surface area is 104 Å². The highest BCUT2D eigenvalue weighted by atomic mass is 15.2. The maximum Gasteiger partial charge on any atom is 0.136 e. The molecule has 4 heteroatoms. The van der Waals surface area contributed by atoms with E-state index in [2.05, 4.69) is 47.9 Å². The van der Waals surface area contributed by atoms with Gasteiger partial charge in [0.25, 0.3) is 0 Å². The van der Waals surface area contributed by atoms with Crippen molar-refractivity contribution in [3.05, 3.63) is 18.1 Å². The predicted octanol–water partition coefficient (Wildman–Crippen LogP) is 2.07. The van der Waals surface area contributed by atoms with E-state index in [0.29, 0.717) is 12.0 Å². The van der Waals surface area contributed by atoms with E-state index in [0.717, 1.165) is 24.5 Å². The van der Waals surface area contributed by atoms with Crippen molar-refractivity contribution in [3.8, 4) is 0 Å². The number of rotatable bonds is 6. The molecule has 0 fully saturated rings. The molecule has 1 rings (SSSR count). The topological polar surface area (TPSA) is 41.1 Å². The first-order valence-corrected chi connectivity index (χ1v) is 6.26. The van der Waals surface area contributed by atoms with E-state index in [-0.39, 0.29) is 0 Å². The number of aromatic nitrogens is 2.